The topological polar surface area (TPSA) is 105 Å². The molecule has 0 aromatic heterocycles. The summed E-state index contributed by atoms with van der Waals surface area (Å²) in [7, 11) is 0. The van der Waals surface area contributed by atoms with Crippen LogP contribution >= 0.6 is 0 Å². The van der Waals surface area contributed by atoms with E-state index in [9.17, 15) is 9.59 Å². The third-order valence-corrected chi connectivity index (χ3v) is 4.44. The standard InChI is InChI=1S/C20H26N4O4/c1-5-9-16-12-24(18(26)28-19(2,3)4)14-20(16,22-23-21)17(25)27-13-15-10-7-6-8-11-15/h5-8,10-11,16H,1,9,12-14H2,2-4H3/t16-,20?/m0/s1. The number of rotatable bonds is 6. The van der Waals surface area contributed by atoms with Crippen molar-refractivity contribution in [1.82, 2.24) is 4.90 Å². The van der Waals surface area contributed by atoms with E-state index in [-0.39, 0.29) is 19.7 Å². The summed E-state index contributed by atoms with van der Waals surface area (Å²) in [6.45, 7) is 9.15. The van der Waals surface area contributed by atoms with Crippen molar-refractivity contribution >= 4 is 12.1 Å². The predicted octanol–water partition coefficient (Wildman–Crippen LogP) is 4.22. The number of hydrogen-bond donors (Lipinski definition) is 0. The molecule has 1 heterocycles. The molecule has 2 atom stereocenters. The van der Waals surface area contributed by atoms with E-state index in [1.807, 2.05) is 30.3 Å². The maximum Gasteiger partial charge on any atom is 0.410 e. The fourth-order valence-corrected chi connectivity index (χ4v) is 3.15. The maximum absolute atomic E-state index is 13.0. The van der Waals surface area contributed by atoms with Crippen molar-refractivity contribution < 1.29 is 19.1 Å². The zero-order valence-electron chi connectivity index (χ0n) is 16.5. The first-order chi connectivity index (χ1) is 13.2. The molecule has 1 saturated heterocycles. The van der Waals surface area contributed by atoms with Crippen molar-refractivity contribution in [3.63, 3.8) is 0 Å². The fraction of sp³-hybridized carbons (Fsp3) is 0.500. The molecule has 0 saturated carbocycles. The van der Waals surface area contributed by atoms with Crippen LogP contribution in [0.5, 0.6) is 0 Å². The molecule has 1 aliphatic heterocycles. The smallest absolute Gasteiger partial charge is 0.410 e. The molecule has 1 aromatic carbocycles. The van der Waals surface area contributed by atoms with E-state index in [2.05, 4.69) is 16.6 Å². The summed E-state index contributed by atoms with van der Waals surface area (Å²) in [5.74, 6) is -1.11. The third-order valence-electron chi connectivity index (χ3n) is 4.44. The number of hydrogen-bond acceptors (Lipinski definition) is 5. The van der Waals surface area contributed by atoms with Crippen LogP contribution in [0.2, 0.25) is 0 Å². The fourth-order valence-electron chi connectivity index (χ4n) is 3.15. The highest BCUT2D eigenvalue weighted by molar-refractivity contribution is 5.84. The van der Waals surface area contributed by atoms with Crippen LogP contribution in [0.25, 0.3) is 10.4 Å². The lowest BCUT2D eigenvalue weighted by molar-refractivity contribution is -0.152. The molecule has 1 aliphatic rings. The first kappa shape index (κ1) is 21.3. The Balaban J connectivity index is 2.24. The number of likely N-dealkylation sites (tertiary alicyclic amines) is 1. The minimum Gasteiger partial charge on any atom is -0.460 e. The minimum absolute atomic E-state index is 0.0512. The summed E-state index contributed by atoms with van der Waals surface area (Å²) in [5.41, 5.74) is 7.73. The first-order valence-corrected chi connectivity index (χ1v) is 9.08. The Bertz CT molecular complexity index is 768. The molecule has 1 fully saturated rings. The van der Waals surface area contributed by atoms with Crippen molar-refractivity contribution in [3.05, 3.63) is 59.0 Å². The molecule has 150 valence electrons. The molecule has 1 aromatic rings. The quantitative estimate of drug-likeness (QED) is 0.240. The zero-order valence-corrected chi connectivity index (χ0v) is 16.5. The van der Waals surface area contributed by atoms with Gasteiger partial charge in [-0.1, -0.05) is 41.5 Å². The third kappa shape index (κ3) is 5.04. The molecule has 1 amide bonds. The van der Waals surface area contributed by atoms with Gasteiger partial charge in [-0.05, 0) is 38.3 Å². The van der Waals surface area contributed by atoms with Gasteiger partial charge in [0.2, 0.25) is 0 Å². The van der Waals surface area contributed by atoms with Crippen molar-refractivity contribution in [2.75, 3.05) is 13.1 Å². The van der Waals surface area contributed by atoms with Crippen LogP contribution < -0.4 is 0 Å². The summed E-state index contributed by atoms with van der Waals surface area (Å²) in [4.78, 5) is 29.7. The highest BCUT2D eigenvalue weighted by atomic mass is 16.6. The number of allylic oxidation sites excluding steroid dienone is 1. The monoisotopic (exact) mass is 386 g/mol. The van der Waals surface area contributed by atoms with Crippen molar-refractivity contribution in [2.24, 2.45) is 11.0 Å². The summed E-state index contributed by atoms with van der Waals surface area (Å²) in [6.07, 6.45) is 1.46. The molecule has 2 rings (SSSR count). The van der Waals surface area contributed by atoms with E-state index in [0.717, 1.165) is 5.56 Å². The Kier molecular flexibility index (Phi) is 6.70. The second-order valence-electron chi connectivity index (χ2n) is 7.76. The van der Waals surface area contributed by atoms with E-state index in [4.69, 9.17) is 15.0 Å². The average Bonchev–Trinajstić information content (AvgIpc) is 3.00. The van der Waals surface area contributed by atoms with Gasteiger partial charge >= 0.3 is 12.1 Å². The highest BCUT2D eigenvalue weighted by Gasteiger charge is 2.54. The van der Waals surface area contributed by atoms with Gasteiger partial charge in [0.25, 0.3) is 0 Å². The van der Waals surface area contributed by atoms with Gasteiger partial charge in [0, 0.05) is 23.9 Å². The molecule has 1 unspecified atom stereocenters. The largest absolute Gasteiger partial charge is 0.460 e. The number of nitrogens with zero attached hydrogens (tertiary/aromatic N) is 4. The molecule has 0 aliphatic carbocycles. The Morgan fingerprint density at radius 1 is 1.39 bits per heavy atom. The van der Waals surface area contributed by atoms with Crippen molar-refractivity contribution in [1.29, 1.82) is 0 Å². The van der Waals surface area contributed by atoms with Gasteiger partial charge in [0.15, 0.2) is 5.54 Å². The minimum atomic E-state index is -1.52. The normalized spacial score (nSPS) is 21.5. The molecule has 28 heavy (non-hydrogen) atoms. The van der Waals surface area contributed by atoms with Crippen LogP contribution in [-0.2, 0) is 20.9 Å². The molecule has 8 nitrogen and oxygen atoms in total. The molecular formula is C20H26N4O4. The number of benzene rings is 1. The number of amides is 1. The SMILES string of the molecule is C=CC[C@H]1CN(C(=O)OC(C)(C)C)CC1(N=[N+]=[N-])C(=O)OCc1ccccc1. The number of esters is 1. The van der Waals surface area contributed by atoms with E-state index >= 15 is 0 Å². The van der Waals surface area contributed by atoms with Crippen molar-refractivity contribution in [2.45, 2.75) is 44.9 Å². The molecule has 0 radical (unpaired) electrons. The average molecular weight is 386 g/mol. The van der Waals surface area contributed by atoms with Crippen LogP contribution in [0.1, 0.15) is 32.8 Å². The van der Waals surface area contributed by atoms with Crippen LogP contribution in [0, 0.1) is 5.92 Å². The van der Waals surface area contributed by atoms with Gasteiger partial charge in [0.1, 0.15) is 12.2 Å². The van der Waals surface area contributed by atoms with Gasteiger partial charge < -0.3 is 14.4 Å². The molecule has 0 bridgehead atoms. The summed E-state index contributed by atoms with van der Waals surface area (Å²) in [5, 5.41) is 3.81. The van der Waals surface area contributed by atoms with Gasteiger partial charge in [-0.2, -0.15) is 0 Å². The summed E-state index contributed by atoms with van der Waals surface area (Å²) < 4.78 is 10.9. The van der Waals surface area contributed by atoms with Gasteiger partial charge in [0.05, 0.1) is 0 Å². The zero-order chi connectivity index (χ0) is 20.8. The van der Waals surface area contributed by atoms with Crippen LogP contribution in [0.15, 0.2) is 48.1 Å². The molecule has 0 N–H and O–H groups in total. The number of carbonyl (C=O) groups excluding carboxylic acids is 2. The predicted molar refractivity (Wildman–Crippen MR) is 104 cm³/mol. The van der Waals surface area contributed by atoms with E-state index in [1.54, 1.807) is 26.8 Å². The lowest BCUT2D eigenvalue weighted by Crippen LogP contribution is -2.46. The lowest BCUT2D eigenvalue weighted by Gasteiger charge is -2.27. The molecule has 0 spiro atoms. The highest BCUT2D eigenvalue weighted by Crippen LogP contribution is 2.36. The van der Waals surface area contributed by atoms with E-state index < -0.39 is 29.1 Å². The van der Waals surface area contributed by atoms with E-state index in [0.29, 0.717) is 6.42 Å². The van der Waals surface area contributed by atoms with Gasteiger partial charge in [-0.3, -0.25) is 4.79 Å². The Morgan fingerprint density at radius 2 is 2.07 bits per heavy atom. The Hall–Kier alpha value is -2.99. The first-order valence-electron chi connectivity index (χ1n) is 9.08. The molecule has 8 heteroatoms. The number of azide groups is 1. The number of carbonyl (C=O) groups is 2. The Morgan fingerprint density at radius 3 is 2.64 bits per heavy atom. The second kappa shape index (κ2) is 8.80. The maximum atomic E-state index is 13.0. The number of ether oxygens (including phenoxy) is 2. The molecular weight excluding hydrogens is 360 g/mol. The van der Waals surface area contributed by atoms with Crippen LogP contribution in [0.3, 0.4) is 0 Å². The van der Waals surface area contributed by atoms with Crippen LogP contribution in [0.4, 0.5) is 4.79 Å². The summed E-state index contributed by atoms with van der Waals surface area (Å²) >= 11 is 0. The van der Waals surface area contributed by atoms with Gasteiger partial charge in [-0.15, -0.1) is 6.58 Å². The second-order valence-corrected chi connectivity index (χ2v) is 7.76. The van der Waals surface area contributed by atoms with Crippen LogP contribution in [-0.4, -0.2) is 41.2 Å². The summed E-state index contributed by atoms with van der Waals surface area (Å²) in [6, 6.07) is 9.20. The van der Waals surface area contributed by atoms with Crippen molar-refractivity contribution in [3.8, 4) is 0 Å². The van der Waals surface area contributed by atoms with Gasteiger partial charge in [-0.25, -0.2) is 4.79 Å². The van der Waals surface area contributed by atoms with E-state index in [1.165, 1.54) is 4.90 Å². The Labute approximate surface area is 164 Å². The lowest BCUT2D eigenvalue weighted by atomic mass is 9.85.